The molecule has 45 heavy (non-hydrogen) atoms. The summed E-state index contributed by atoms with van der Waals surface area (Å²) in [5, 5.41) is 11.6. The summed E-state index contributed by atoms with van der Waals surface area (Å²) in [6.07, 6.45) is 6.45. The Balaban J connectivity index is 1.13. The van der Waals surface area contributed by atoms with E-state index in [1.54, 1.807) is 0 Å². The summed E-state index contributed by atoms with van der Waals surface area (Å²) in [5.74, 6) is 1.01. The number of hydrogen-bond donors (Lipinski definition) is 0. The highest BCUT2D eigenvalue weighted by Gasteiger charge is 2.19. The average Bonchev–Trinajstić information content (AvgIpc) is 3.49. The molecular weight excluding hydrogens is 544 g/mol. The molecule has 0 saturated carbocycles. The first kappa shape index (κ1) is 24.7. The van der Waals surface area contributed by atoms with Crippen LogP contribution in [0.25, 0.3) is 93.5 Å². The van der Waals surface area contributed by atoms with Gasteiger partial charge in [-0.25, -0.2) is 0 Å². The lowest BCUT2D eigenvalue weighted by molar-refractivity contribution is 0.596. The summed E-state index contributed by atoms with van der Waals surface area (Å²) >= 11 is 0. The maximum absolute atomic E-state index is 6.39. The van der Waals surface area contributed by atoms with E-state index in [2.05, 4.69) is 146 Å². The van der Waals surface area contributed by atoms with Crippen LogP contribution in [-0.4, -0.2) is 0 Å². The van der Waals surface area contributed by atoms with Gasteiger partial charge in [0.1, 0.15) is 11.3 Å². The quantitative estimate of drug-likeness (QED) is 0.192. The molecule has 0 atom stereocenters. The zero-order valence-corrected chi connectivity index (χ0v) is 24.7. The van der Waals surface area contributed by atoms with E-state index in [0.29, 0.717) is 0 Å². The van der Waals surface area contributed by atoms with Crippen LogP contribution in [0.2, 0.25) is 0 Å². The van der Waals surface area contributed by atoms with Crippen LogP contribution in [0.15, 0.2) is 144 Å². The van der Waals surface area contributed by atoms with Gasteiger partial charge >= 0.3 is 0 Å². The standard InChI is InChI=1S/C44H28O/c1-2-9-32-27(7-1)8-5-12-35(32)36-24-22-31-20-19-30-21-23-33(38-25-26-39(36)43(31)42(30)38)28-15-17-29(18-16-28)34-11-6-13-40-37-10-3-4-14-41(37)45-44(34)40/h1-2,4-9,11-26H,3,10H2. The van der Waals surface area contributed by atoms with Gasteiger partial charge in [-0.3, -0.25) is 0 Å². The molecule has 0 spiro atoms. The van der Waals surface area contributed by atoms with Crippen LogP contribution < -0.4 is 0 Å². The first-order valence-corrected chi connectivity index (χ1v) is 15.8. The van der Waals surface area contributed by atoms with E-state index < -0.39 is 0 Å². The molecular formula is C44H28O. The predicted octanol–water partition coefficient (Wildman–Crippen LogP) is 12.4. The molecule has 0 N–H and O–H groups in total. The van der Waals surface area contributed by atoms with Crippen LogP contribution in [-0.2, 0) is 6.42 Å². The maximum Gasteiger partial charge on any atom is 0.142 e. The number of para-hydroxylation sites is 1. The molecule has 0 amide bonds. The van der Waals surface area contributed by atoms with Crippen molar-refractivity contribution in [1.82, 2.24) is 0 Å². The van der Waals surface area contributed by atoms with E-state index in [0.717, 1.165) is 29.7 Å². The molecule has 0 radical (unpaired) electrons. The van der Waals surface area contributed by atoms with E-state index in [9.17, 15) is 0 Å². The SMILES string of the molecule is C1=Cc2oc3c(-c4ccc(-c5ccc6ccc7ccc(-c8cccc9ccccc89)c8ccc5c6c78)cc4)cccc3c2CC1. The Kier molecular flexibility index (Phi) is 5.18. The fraction of sp³-hybridized carbons (Fsp3) is 0.0455. The van der Waals surface area contributed by atoms with Crippen molar-refractivity contribution in [3.05, 3.63) is 151 Å². The van der Waals surface area contributed by atoms with Gasteiger partial charge in [0.25, 0.3) is 0 Å². The first-order valence-electron chi connectivity index (χ1n) is 15.8. The second-order valence-electron chi connectivity index (χ2n) is 12.3. The zero-order valence-electron chi connectivity index (χ0n) is 24.7. The lowest BCUT2D eigenvalue weighted by Gasteiger charge is -2.17. The van der Waals surface area contributed by atoms with Gasteiger partial charge in [0.15, 0.2) is 0 Å². The largest absolute Gasteiger partial charge is 0.456 e. The number of benzene rings is 8. The highest BCUT2D eigenvalue weighted by atomic mass is 16.3. The maximum atomic E-state index is 6.39. The summed E-state index contributed by atoms with van der Waals surface area (Å²) < 4.78 is 6.39. The van der Waals surface area contributed by atoms with Gasteiger partial charge in [-0.2, -0.15) is 0 Å². The number of aryl methyl sites for hydroxylation is 1. The van der Waals surface area contributed by atoms with E-state index in [-0.39, 0.29) is 0 Å². The van der Waals surface area contributed by atoms with Crippen LogP contribution in [0, 0.1) is 0 Å². The summed E-state index contributed by atoms with van der Waals surface area (Å²) in [6.45, 7) is 0. The van der Waals surface area contributed by atoms with Gasteiger partial charge in [-0.15, -0.1) is 0 Å². The van der Waals surface area contributed by atoms with Crippen LogP contribution in [0.4, 0.5) is 0 Å². The number of furan rings is 1. The Hall–Kier alpha value is -5.66. The molecule has 210 valence electrons. The molecule has 0 bridgehead atoms. The van der Waals surface area contributed by atoms with Crippen molar-refractivity contribution >= 4 is 60.1 Å². The molecule has 8 aromatic carbocycles. The summed E-state index contributed by atoms with van der Waals surface area (Å²) in [5.41, 5.74) is 9.71. The second kappa shape index (κ2) is 9.42. The third-order valence-corrected chi connectivity index (χ3v) is 9.93. The van der Waals surface area contributed by atoms with E-state index in [1.807, 2.05) is 0 Å². The lowest BCUT2D eigenvalue weighted by Crippen LogP contribution is -1.90. The molecule has 1 heteroatoms. The van der Waals surface area contributed by atoms with Crippen LogP contribution >= 0.6 is 0 Å². The monoisotopic (exact) mass is 572 g/mol. The lowest BCUT2D eigenvalue weighted by atomic mass is 9.86. The van der Waals surface area contributed by atoms with Crippen molar-refractivity contribution in [2.75, 3.05) is 0 Å². The van der Waals surface area contributed by atoms with Gasteiger partial charge < -0.3 is 4.42 Å². The van der Waals surface area contributed by atoms with Crippen LogP contribution in [0.5, 0.6) is 0 Å². The Morgan fingerprint density at radius 2 is 1.02 bits per heavy atom. The zero-order chi connectivity index (χ0) is 29.5. The Bertz CT molecular complexity index is 2630. The van der Waals surface area contributed by atoms with E-state index in [1.165, 1.54) is 81.9 Å². The number of rotatable bonds is 3. The average molecular weight is 573 g/mol. The molecule has 1 heterocycles. The Labute approximate surface area is 261 Å². The smallest absolute Gasteiger partial charge is 0.142 e. The molecule has 0 unspecified atom stereocenters. The predicted molar refractivity (Wildman–Crippen MR) is 191 cm³/mol. The van der Waals surface area contributed by atoms with Crippen LogP contribution in [0.3, 0.4) is 0 Å². The van der Waals surface area contributed by atoms with Crippen molar-refractivity contribution < 1.29 is 4.42 Å². The van der Waals surface area contributed by atoms with Gasteiger partial charge in [-0.1, -0.05) is 140 Å². The van der Waals surface area contributed by atoms with Gasteiger partial charge in [0, 0.05) is 16.5 Å². The molecule has 0 fully saturated rings. The highest BCUT2D eigenvalue weighted by Crippen LogP contribution is 2.44. The molecule has 10 rings (SSSR count). The van der Waals surface area contributed by atoms with Crippen LogP contribution in [0.1, 0.15) is 17.7 Å². The molecule has 0 aliphatic heterocycles. The molecule has 1 aromatic heterocycles. The number of hydrogen-bond acceptors (Lipinski definition) is 1. The minimum atomic E-state index is 0.992. The summed E-state index contributed by atoms with van der Waals surface area (Å²) in [4.78, 5) is 0. The Morgan fingerprint density at radius 1 is 0.422 bits per heavy atom. The molecule has 1 nitrogen and oxygen atoms in total. The normalized spacial score (nSPS) is 13.1. The molecule has 1 aliphatic carbocycles. The fourth-order valence-electron chi connectivity index (χ4n) is 7.80. The number of fused-ring (bicyclic) bond motifs is 4. The first-order chi connectivity index (χ1) is 22.3. The van der Waals surface area contributed by atoms with E-state index in [4.69, 9.17) is 4.42 Å². The van der Waals surface area contributed by atoms with Gasteiger partial charge in [0.2, 0.25) is 0 Å². The third kappa shape index (κ3) is 3.62. The van der Waals surface area contributed by atoms with Gasteiger partial charge in [-0.05, 0) is 89.8 Å². The molecule has 1 aliphatic rings. The Morgan fingerprint density at radius 3 is 1.84 bits per heavy atom. The minimum Gasteiger partial charge on any atom is -0.456 e. The van der Waals surface area contributed by atoms with Gasteiger partial charge in [0.05, 0.1) is 0 Å². The second-order valence-corrected chi connectivity index (χ2v) is 12.3. The summed E-state index contributed by atoms with van der Waals surface area (Å²) in [7, 11) is 0. The van der Waals surface area contributed by atoms with Crippen molar-refractivity contribution in [2.24, 2.45) is 0 Å². The fourth-order valence-corrected chi connectivity index (χ4v) is 7.80. The van der Waals surface area contributed by atoms with E-state index >= 15 is 0 Å². The topological polar surface area (TPSA) is 13.1 Å². The van der Waals surface area contributed by atoms with Crippen molar-refractivity contribution in [3.63, 3.8) is 0 Å². The minimum absolute atomic E-state index is 0.992. The van der Waals surface area contributed by atoms with Crippen molar-refractivity contribution in [1.29, 1.82) is 0 Å². The summed E-state index contributed by atoms with van der Waals surface area (Å²) in [6, 6.07) is 49.3. The number of allylic oxidation sites excluding steroid dienone is 1. The van der Waals surface area contributed by atoms with Crippen molar-refractivity contribution in [3.8, 4) is 33.4 Å². The third-order valence-electron chi connectivity index (χ3n) is 9.93. The van der Waals surface area contributed by atoms with Crippen molar-refractivity contribution in [2.45, 2.75) is 12.8 Å². The molecule has 9 aromatic rings. The highest BCUT2D eigenvalue weighted by molar-refractivity contribution is 6.28. The molecule has 0 saturated heterocycles.